The fraction of sp³-hybridized carbons (Fsp3) is 0.909. The zero-order chi connectivity index (χ0) is 19.6. The summed E-state index contributed by atoms with van der Waals surface area (Å²) in [4.78, 5) is 22.6. The van der Waals surface area contributed by atoms with Gasteiger partial charge in [0.25, 0.3) is 0 Å². The first-order valence-electron chi connectivity index (χ1n) is 11.0. The molecule has 0 fully saturated rings. The van der Waals surface area contributed by atoms with E-state index in [0.29, 0.717) is 19.3 Å². The molecule has 4 nitrogen and oxygen atoms in total. The van der Waals surface area contributed by atoms with Crippen molar-refractivity contribution in [3.05, 3.63) is 0 Å². The van der Waals surface area contributed by atoms with Crippen molar-refractivity contribution >= 4 is 11.8 Å². The van der Waals surface area contributed by atoms with E-state index >= 15 is 0 Å². The summed E-state index contributed by atoms with van der Waals surface area (Å²) >= 11 is 0. The number of carboxylic acids is 1. The number of hydrogen-bond acceptors (Lipinski definition) is 3. The predicted octanol–water partition coefficient (Wildman–Crippen LogP) is 2.98. The summed E-state index contributed by atoms with van der Waals surface area (Å²) in [5.74, 6) is -0.887. The van der Waals surface area contributed by atoms with Gasteiger partial charge >= 0.3 is 35.5 Å². The molecule has 0 aliphatic carbocycles. The quantitative estimate of drug-likeness (QED) is 0.261. The second-order valence-electron chi connectivity index (χ2n) is 7.91. The molecule has 27 heavy (non-hydrogen) atoms. The predicted molar refractivity (Wildman–Crippen MR) is 110 cm³/mol. The van der Waals surface area contributed by atoms with E-state index < -0.39 is 12.0 Å². The average Bonchev–Trinajstić information content (AvgIpc) is 2.62. The minimum absolute atomic E-state index is 0. The van der Waals surface area contributed by atoms with Crippen molar-refractivity contribution in [1.82, 2.24) is 0 Å². The molecule has 0 bridgehead atoms. The minimum Gasteiger partial charge on any atom is -1.00 e. The Balaban J connectivity index is -0.00000312. The van der Waals surface area contributed by atoms with Crippen LogP contribution >= 0.6 is 0 Å². The molecule has 0 radical (unpaired) electrons. The summed E-state index contributed by atoms with van der Waals surface area (Å²) in [6.07, 6.45) is 18.6. The Bertz CT molecular complexity index is 370. The van der Waals surface area contributed by atoms with E-state index in [2.05, 4.69) is 6.92 Å². The Morgan fingerprint density at radius 3 is 1.63 bits per heavy atom. The van der Waals surface area contributed by atoms with Crippen LogP contribution in [0.1, 0.15) is 118 Å². The smallest absolute Gasteiger partial charge is 1.00 e. The van der Waals surface area contributed by atoms with Crippen LogP contribution in [0.3, 0.4) is 0 Å². The number of hydrogen-bond donors (Lipinski definition) is 2. The van der Waals surface area contributed by atoms with Crippen molar-refractivity contribution in [3.8, 4) is 0 Å². The Morgan fingerprint density at radius 1 is 0.815 bits per heavy atom. The van der Waals surface area contributed by atoms with Crippen LogP contribution in [0.15, 0.2) is 0 Å². The maximum atomic E-state index is 11.9. The van der Waals surface area contributed by atoms with Crippen molar-refractivity contribution < 1.29 is 45.7 Å². The monoisotopic (exact) mass is 393 g/mol. The van der Waals surface area contributed by atoms with Gasteiger partial charge in [-0.3, -0.25) is 9.59 Å². The van der Waals surface area contributed by atoms with Gasteiger partial charge in [0.1, 0.15) is 11.8 Å². The number of rotatable bonds is 19. The third-order valence-corrected chi connectivity index (χ3v) is 5.34. The van der Waals surface area contributed by atoms with Crippen LogP contribution in [-0.2, 0) is 9.59 Å². The van der Waals surface area contributed by atoms with Crippen LogP contribution in [-0.4, -0.2) is 22.9 Å². The van der Waals surface area contributed by atoms with E-state index in [1.54, 1.807) is 6.92 Å². The van der Waals surface area contributed by atoms with Crippen molar-refractivity contribution in [2.75, 3.05) is 0 Å². The zero-order valence-electron chi connectivity index (χ0n) is 19.3. The van der Waals surface area contributed by atoms with Crippen LogP contribution < -0.4 is 35.3 Å². The molecule has 5 heteroatoms. The molecule has 0 amide bonds. The SMILES string of the molecule is CCCCCCCCCCCCCCCC(=O)CC[C@H](C)[C@H](N)C(=O)O.[H-].[Na+]. The van der Waals surface area contributed by atoms with Crippen LogP contribution in [0.2, 0.25) is 0 Å². The fourth-order valence-corrected chi connectivity index (χ4v) is 3.28. The van der Waals surface area contributed by atoms with Crippen LogP contribution in [0.25, 0.3) is 0 Å². The number of ketones is 1. The normalized spacial score (nSPS) is 13.0. The summed E-state index contributed by atoms with van der Waals surface area (Å²) in [5, 5.41) is 8.84. The molecule has 0 aromatic heterocycles. The molecule has 0 heterocycles. The first-order chi connectivity index (χ1) is 12.5. The zero-order valence-corrected chi connectivity index (χ0v) is 20.3. The Hall–Kier alpha value is 0.100. The molecule has 0 saturated heterocycles. The maximum absolute atomic E-state index is 11.9. The molecule has 3 N–H and O–H groups in total. The maximum Gasteiger partial charge on any atom is 1.00 e. The third kappa shape index (κ3) is 19.2. The molecule has 2 atom stereocenters. The van der Waals surface area contributed by atoms with Gasteiger partial charge < -0.3 is 12.3 Å². The van der Waals surface area contributed by atoms with E-state index in [9.17, 15) is 9.59 Å². The molecule has 0 unspecified atom stereocenters. The summed E-state index contributed by atoms with van der Waals surface area (Å²) in [6.45, 7) is 4.06. The Labute approximate surface area is 191 Å². The van der Waals surface area contributed by atoms with E-state index in [4.69, 9.17) is 10.8 Å². The first kappa shape index (κ1) is 29.3. The van der Waals surface area contributed by atoms with Gasteiger partial charge in [0.2, 0.25) is 0 Å². The second-order valence-corrected chi connectivity index (χ2v) is 7.91. The van der Waals surface area contributed by atoms with E-state index in [1.165, 1.54) is 70.6 Å². The molecule has 0 rings (SSSR count). The standard InChI is InChI=1S/C22H43NO3.Na.H/c1-3-4-5-6-7-8-9-10-11-12-13-14-15-16-20(24)18-17-19(2)21(23)22(25)26;;/h19,21H,3-18,23H2,1-2H3,(H,25,26);;/q;+1;-1/t19-,21-;;/m0../s1. The van der Waals surface area contributed by atoms with Crippen LogP contribution in [0.4, 0.5) is 0 Å². The van der Waals surface area contributed by atoms with Gasteiger partial charge in [-0.05, 0) is 18.8 Å². The first-order valence-corrected chi connectivity index (χ1v) is 11.0. The summed E-state index contributed by atoms with van der Waals surface area (Å²) in [6, 6.07) is -0.862. The molecule has 0 aromatic carbocycles. The summed E-state index contributed by atoms with van der Waals surface area (Å²) in [7, 11) is 0. The third-order valence-electron chi connectivity index (χ3n) is 5.34. The number of carbonyl (C=O) groups is 2. The number of aliphatic carboxylic acids is 1. The Morgan fingerprint density at radius 2 is 1.22 bits per heavy atom. The molecule has 0 aliphatic heterocycles. The number of carboxylic acid groups (broad SMARTS) is 1. The summed E-state index contributed by atoms with van der Waals surface area (Å²) < 4.78 is 0. The number of Topliss-reactive ketones (excluding diaryl/α,β-unsaturated/α-hetero) is 1. The van der Waals surface area contributed by atoms with Crippen molar-refractivity contribution in [1.29, 1.82) is 0 Å². The topological polar surface area (TPSA) is 80.4 Å². The van der Waals surface area contributed by atoms with Gasteiger partial charge in [-0.25, -0.2) is 0 Å². The van der Waals surface area contributed by atoms with E-state index in [0.717, 1.165) is 12.8 Å². The van der Waals surface area contributed by atoms with Gasteiger partial charge in [-0.2, -0.15) is 0 Å². The van der Waals surface area contributed by atoms with Gasteiger partial charge in [0, 0.05) is 12.8 Å². The molecule has 0 aliphatic rings. The molecular weight excluding hydrogens is 349 g/mol. The molecular formula is C22H44NNaO3. The number of nitrogens with two attached hydrogens (primary N) is 1. The van der Waals surface area contributed by atoms with Gasteiger partial charge in [0.05, 0.1) is 0 Å². The number of carbonyl (C=O) groups excluding carboxylic acids is 1. The van der Waals surface area contributed by atoms with Crippen LogP contribution in [0.5, 0.6) is 0 Å². The van der Waals surface area contributed by atoms with Crippen molar-refractivity contribution in [2.45, 2.75) is 123 Å². The fourth-order valence-electron chi connectivity index (χ4n) is 3.28. The summed E-state index contributed by atoms with van der Waals surface area (Å²) in [5.41, 5.74) is 5.56. The van der Waals surface area contributed by atoms with E-state index in [1.807, 2.05) is 0 Å². The van der Waals surface area contributed by atoms with Crippen molar-refractivity contribution in [3.63, 3.8) is 0 Å². The van der Waals surface area contributed by atoms with Gasteiger partial charge in [-0.15, -0.1) is 0 Å². The molecule has 0 spiro atoms. The van der Waals surface area contributed by atoms with E-state index in [-0.39, 0.29) is 42.7 Å². The average molecular weight is 394 g/mol. The molecule has 156 valence electrons. The largest absolute Gasteiger partial charge is 1.00 e. The van der Waals surface area contributed by atoms with Gasteiger partial charge in [0.15, 0.2) is 0 Å². The molecule has 0 saturated carbocycles. The van der Waals surface area contributed by atoms with Crippen LogP contribution in [0, 0.1) is 5.92 Å². The minimum atomic E-state index is -0.985. The van der Waals surface area contributed by atoms with Gasteiger partial charge in [-0.1, -0.05) is 90.9 Å². The second kappa shape index (κ2) is 20.8. The van der Waals surface area contributed by atoms with Crippen molar-refractivity contribution in [2.24, 2.45) is 11.7 Å². The molecule has 0 aromatic rings. The Kier molecular flexibility index (Phi) is 22.6. The number of unbranched alkanes of at least 4 members (excludes halogenated alkanes) is 12.